The normalized spacial score (nSPS) is 23.3. The lowest BCUT2D eigenvalue weighted by atomic mass is 10.1. The number of aromatic nitrogens is 1. The van der Waals surface area contributed by atoms with E-state index in [1.807, 2.05) is 0 Å². The molecule has 0 spiro atoms. The number of hydrogen-bond acceptors (Lipinski definition) is 4. The van der Waals surface area contributed by atoms with Crippen molar-refractivity contribution < 1.29 is 4.74 Å². The van der Waals surface area contributed by atoms with Crippen molar-refractivity contribution in [2.75, 3.05) is 45.9 Å². The van der Waals surface area contributed by atoms with Gasteiger partial charge in [-0.3, -0.25) is 9.80 Å². The lowest BCUT2D eigenvalue weighted by molar-refractivity contribution is 0.00813. The van der Waals surface area contributed by atoms with Gasteiger partial charge in [-0.15, -0.1) is 0 Å². The summed E-state index contributed by atoms with van der Waals surface area (Å²) in [6.07, 6.45) is 2.40. The Labute approximate surface area is 174 Å². The molecule has 2 saturated heterocycles. The summed E-state index contributed by atoms with van der Waals surface area (Å²) in [6, 6.07) is 12.2. The van der Waals surface area contributed by atoms with Gasteiger partial charge in [0.15, 0.2) is 0 Å². The molecule has 1 atom stereocenters. The summed E-state index contributed by atoms with van der Waals surface area (Å²) in [6.45, 7) is 16.5. The maximum atomic E-state index is 5.54. The highest BCUT2D eigenvalue weighted by Crippen LogP contribution is 2.27. The van der Waals surface area contributed by atoms with Crippen LogP contribution in [0, 0.1) is 0 Å². The van der Waals surface area contributed by atoms with Crippen LogP contribution in [0.15, 0.2) is 42.6 Å². The Morgan fingerprint density at radius 2 is 1.79 bits per heavy atom. The van der Waals surface area contributed by atoms with Crippen molar-refractivity contribution in [3.05, 3.63) is 48.3 Å². The van der Waals surface area contributed by atoms with E-state index in [-0.39, 0.29) is 0 Å². The van der Waals surface area contributed by atoms with Crippen molar-refractivity contribution in [2.24, 2.45) is 0 Å². The van der Waals surface area contributed by atoms with E-state index in [1.54, 1.807) is 0 Å². The first kappa shape index (κ1) is 19.2. The summed E-state index contributed by atoms with van der Waals surface area (Å²) < 4.78 is 8.02. The maximum Gasteiger partial charge on any atom is 0.0580 e. The second-order valence-corrected chi connectivity index (χ2v) is 8.85. The summed E-state index contributed by atoms with van der Waals surface area (Å²) in [5.41, 5.74) is 4.06. The zero-order chi connectivity index (χ0) is 19.8. The molecule has 0 radical (unpaired) electrons. The predicted octanol–water partition coefficient (Wildman–Crippen LogP) is 3.16. The first-order valence-corrected chi connectivity index (χ1v) is 11.3. The fourth-order valence-electron chi connectivity index (χ4n) is 5.42. The minimum absolute atomic E-state index is 0.405. The van der Waals surface area contributed by atoms with Gasteiger partial charge in [0.05, 0.1) is 6.54 Å². The molecule has 0 N–H and O–H groups in total. The molecule has 5 rings (SSSR count). The van der Waals surface area contributed by atoms with Gasteiger partial charge in [0.2, 0.25) is 0 Å². The smallest absolute Gasteiger partial charge is 0.0580 e. The topological polar surface area (TPSA) is 23.9 Å². The van der Waals surface area contributed by atoms with E-state index < -0.39 is 0 Å². The number of hydrogen-bond donors (Lipinski definition) is 0. The van der Waals surface area contributed by atoms with Gasteiger partial charge in [-0.25, -0.2) is 0 Å². The summed E-state index contributed by atoms with van der Waals surface area (Å²) in [5.74, 6) is 0. The fourth-order valence-corrected chi connectivity index (χ4v) is 5.42. The van der Waals surface area contributed by atoms with Gasteiger partial charge in [-0.05, 0) is 37.3 Å². The minimum Gasteiger partial charge on any atom is -0.381 e. The van der Waals surface area contributed by atoms with Crippen LogP contribution in [-0.2, 0) is 17.8 Å². The standard InChI is InChI=1S/C24H34N4O/c1-19(25-9-11-26(12-10-25)22-7-15-29-16-8-22)20(2)27-13-14-28-23(18-27)17-21-5-3-4-6-24(21)28/h3-6,17,19,22H,2,7-16,18H2,1H3. The van der Waals surface area contributed by atoms with Crippen molar-refractivity contribution >= 4 is 10.9 Å². The average Bonchev–Trinajstić information content (AvgIpc) is 3.16. The first-order valence-electron chi connectivity index (χ1n) is 11.3. The number of benzene rings is 1. The third-order valence-corrected chi connectivity index (χ3v) is 7.33. The van der Waals surface area contributed by atoms with Crippen molar-refractivity contribution in [1.29, 1.82) is 0 Å². The minimum atomic E-state index is 0.405. The van der Waals surface area contributed by atoms with Crippen LogP contribution < -0.4 is 0 Å². The number of ether oxygens (including phenoxy) is 1. The molecule has 2 aromatic rings. The van der Waals surface area contributed by atoms with Crippen LogP contribution in [0.2, 0.25) is 0 Å². The van der Waals surface area contributed by atoms with E-state index in [9.17, 15) is 0 Å². The molecule has 5 heteroatoms. The Bertz CT molecular complexity index is 861. The Balaban J connectivity index is 1.20. The van der Waals surface area contributed by atoms with Gasteiger partial charge >= 0.3 is 0 Å². The van der Waals surface area contributed by atoms with Gasteiger partial charge in [0.25, 0.3) is 0 Å². The molecule has 0 saturated carbocycles. The number of nitrogens with zero attached hydrogens (tertiary/aromatic N) is 4. The van der Waals surface area contributed by atoms with Crippen LogP contribution in [0.5, 0.6) is 0 Å². The summed E-state index contributed by atoms with van der Waals surface area (Å²) >= 11 is 0. The summed E-state index contributed by atoms with van der Waals surface area (Å²) in [4.78, 5) is 7.82. The molecule has 29 heavy (non-hydrogen) atoms. The van der Waals surface area contributed by atoms with Gasteiger partial charge in [0, 0.05) is 81.5 Å². The molecular weight excluding hydrogens is 360 g/mol. The van der Waals surface area contributed by atoms with Crippen LogP contribution in [0.25, 0.3) is 10.9 Å². The Morgan fingerprint density at radius 3 is 2.59 bits per heavy atom. The van der Waals surface area contributed by atoms with Gasteiger partial charge in [-0.2, -0.15) is 0 Å². The van der Waals surface area contributed by atoms with E-state index in [0.29, 0.717) is 6.04 Å². The zero-order valence-electron chi connectivity index (χ0n) is 17.7. The van der Waals surface area contributed by atoms with Crippen molar-refractivity contribution in [1.82, 2.24) is 19.3 Å². The quantitative estimate of drug-likeness (QED) is 0.795. The molecule has 3 aliphatic rings. The van der Waals surface area contributed by atoms with Crippen LogP contribution in [0.4, 0.5) is 0 Å². The molecule has 0 aliphatic carbocycles. The van der Waals surface area contributed by atoms with E-state index in [2.05, 4.69) is 63.1 Å². The van der Waals surface area contributed by atoms with Gasteiger partial charge in [0.1, 0.15) is 0 Å². The number of fused-ring (bicyclic) bond motifs is 3. The van der Waals surface area contributed by atoms with Crippen molar-refractivity contribution in [3.63, 3.8) is 0 Å². The zero-order valence-corrected chi connectivity index (χ0v) is 17.7. The van der Waals surface area contributed by atoms with Crippen LogP contribution in [-0.4, -0.2) is 77.3 Å². The van der Waals surface area contributed by atoms with E-state index in [4.69, 9.17) is 4.74 Å². The lowest BCUT2D eigenvalue weighted by Gasteiger charge is -2.44. The fraction of sp³-hybridized carbons (Fsp3) is 0.583. The van der Waals surface area contributed by atoms with Crippen LogP contribution in [0.1, 0.15) is 25.5 Å². The summed E-state index contributed by atoms with van der Waals surface area (Å²) in [5, 5.41) is 1.35. The molecule has 156 valence electrons. The van der Waals surface area contributed by atoms with Crippen molar-refractivity contribution in [2.45, 2.75) is 44.9 Å². The first-order chi connectivity index (χ1) is 14.2. The second kappa shape index (κ2) is 8.13. The molecule has 1 aromatic carbocycles. The number of rotatable bonds is 4. The van der Waals surface area contributed by atoms with Crippen molar-refractivity contribution in [3.8, 4) is 0 Å². The van der Waals surface area contributed by atoms with Crippen LogP contribution in [0.3, 0.4) is 0 Å². The highest BCUT2D eigenvalue weighted by atomic mass is 16.5. The van der Waals surface area contributed by atoms with Gasteiger partial charge in [-0.1, -0.05) is 24.8 Å². The number of para-hydroxylation sites is 1. The Hall–Kier alpha value is -1.82. The molecule has 4 heterocycles. The maximum absolute atomic E-state index is 5.54. The molecule has 3 aliphatic heterocycles. The SMILES string of the molecule is C=C(C(C)N1CCN(C2CCOCC2)CC1)N1CCn2c(cc3ccccc32)C1. The molecule has 0 amide bonds. The monoisotopic (exact) mass is 394 g/mol. The average molecular weight is 395 g/mol. The predicted molar refractivity (Wildman–Crippen MR) is 118 cm³/mol. The third kappa shape index (κ3) is 3.72. The molecule has 1 unspecified atom stereocenters. The Kier molecular flexibility index (Phi) is 5.37. The molecule has 5 nitrogen and oxygen atoms in total. The molecular formula is C24H34N4O. The molecule has 1 aromatic heterocycles. The molecule has 0 bridgehead atoms. The second-order valence-electron chi connectivity index (χ2n) is 8.85. The largest absolute Gasteiger partial charge is 0.381 e. The third-order valence-electron chi connectivity index (χ3n) is 7.33. The number of piperazine rings is 1. The van der Waals surface area contributed by atoms with Gasteiger partial charge < -0.3 is 14.2 Å². The molecule has 2 fully saturated rings. The van der Waals surface area contributed by atoms with E-state index in [1.165, 1.54) is 48.2 Å². The lowest BCUT2D eigenvalue weighted by Crippen LogP contribution is -2.54. The Morgan fingerprint density at radius 1 is 1.03 bits per heavy atom. The van der Waals surface area contributed by atoms with E-state index >= 15 is 0 Å². The van der Waals surface area contributed by atoms with E-state index in [0.717, 1.165) is 52.0 Å². The highest BCUT2D eigenvalue weighted by Gasteiger charge is 2.30. The van der Waals surface area contributed by atoms with Crippen LogP contribution >= 0.6 is 0 Å². The summed E-state index contributed by atoms with van der Waals surface area (Å²) in [7, 11) is 0. The highest BCUT2D eigenvalue weighted by molar-refractivity contribution is 5.81.